The predicted octanol–water partition coefficient (Wildman–Crippen LogP) is 5.04. The quantitative estimate of drug-likeness (QED) is 0.644. The third kappa shape index (κ3) is 6.99. The van der Waals surface area contributed by atoms with Crippen molar-refractivity contribution in [2.75, 3.05) is 13.2 Å². The fourth-order valence-electron chi connectivity index (χ4n) is 2.55. The van der Waals surface area contributed by atoms with Crippen LogP contribution in [-0.4, -0.2) is 18.7 Å². The lowest BCUT2D eigenvalue weighted by Gasteiger charge is -2.35. The van der Waals surface area contributed by atoms with Crippen molar-refractivity contribution in [2.24, 2.45) is 5.41 Å². The van der Waals surface area contributed by atoms with E-state index in [0.717, 1.165) is 25.3 Å². The molecule has 0 fully saturated rings. The molecule has 1 aromatic rings. The van der Waals surface area contributed by atoms with E-state index in [1.54, 1.807) is 0 Å². The molecular weight excluding hydrogens is 258 g/mol. The lowest BCUT2D eigenvalue weighted by atomic mass is 9.77. The van der Waals surface area contributed by atoms with Crippen LogP contribution in [0.1, 0.15) is 60.3 Å². The van der Waals surface area contributed by atoms with Crippen molar-refractivity contribution >= 4 is 0 Å². The Labute approximate surface area is 131 Å². The second-order valence-electron chi connectivity index (χ2n) is 7.08. The van der Waals surface area contributed by atoms with Gasteiger partial charge in [-0.3, -0.25) is 0 Å². The van der Waals surface area contributed by atoms with Gasteiger partial charge in [0.2, 0.25) is 0 Å². The summed E-state index contributed by atoms with van der Waals surface area (Å²) < 4.78 is 5.82. The zero-order chi connectivity index (χ0) is 15.8. The van der Waals surface area contributed by atoms with E-state index in [2.05, 4.69) is 39.9 Å². The molecule has 1 N–H and O–H groups in total. The van der Waals surface area contributed by atoms with E-state index in [1.807, 2.05) is 30.3 Å². The normalized spacial score (nSPS) is 12.4. The summed E-state index contributed by atoms with van der Waals surface area (Å²) in [4.78, 5) is 0. The molecule has 21 heavy (non-hydrogen) atoms. The van der Waals surface area contributed by atoms with Gasteiger partial charge in [-0.1, -0.05) is 32.0 Å². The van der Waals surface area contributed by atoms with Gasteiger partial charge in [-0.25, -0.2) is 0 Å². The van der Waals surface area contributed by atoms with Crippen LogP contribution in [0.25, 0.3) is 0 Å². The fraction of sp³-hybridized carbons (Fsp3) is 0.684. The van der Waals surface area contributed by atoms with Gasteiger partial charge in [0.25, 0.3) is 0 Å². The maximum absolute atomic E-state index is 5.82. The minimum atomic E-state index is 0.191. The molecule has 0 unspecified atom stereocenters. The molecule has 0 saturated heterocycles. The minimum Gasteiger partial charge on any atom is -0.494 e. The smallest absolute Gasteiger partial charge is 0.119 e. The molecule has 0 heterocycles. The van der Waals surface area contributed by atoms with Crippen molar-refractivity contribution in [3.8, 4) is 5.75 Å². The van der Waals surface area contributed by atoms with Gasteiger partial charge >= 0.3 is 0 Å². The third-order valence-electron chi connectivity index (χ3n) is 4.36. The molecule has 0 radical (unpaired) electrons. The van der Waals surface area contributed by atoms with Crippen molar-refractivity contribution < 1.29 is 4.74 Å². The van der Waals surface area contributed by atoms with Crippen molar-refractivity contribution in [1.82, 2.24) is 5.32 Å². The summed E-state index contributed by atoms with van der Waals surface area (Å²) in [6, 6.07) is 10.1. The lowest BCUT2D eigenvalue weighted by Crippen LogP contribution is -2.43. The second-order valence-corrected chi connectivity index (χ2v) is 7.08. The molecule has 0 atom stereocenters. The monoisotopic (exact) mass is 291 g/mol. The molecular formula is C19H33NO. The average molecular weight is 291 g/mol. The minimum absolute atomic E-state index is 0.191. The zero-order valence-electron chi connectivity index (χ0n) is 14.5. The second kappa shape index (κ2) is 8.43. The first-order valence-corrected chi connectivity index (χ1v) is 8.34. The molecule has 0 bridgehead atoms. The van der Waals surface area contributed by atoms with E-state index in [-0.39, 0.29) is 5.54 Å². The maximum Gasteiger partial charge on any atom is 0.119 e. The number of rotatable bonds is 9. The van der Waals surface area contributed by atoms with Crippen LogP contribution in [0.5, 0.6) is 5.75 Å². The summed E-state index contributed by atoms with van der Waals surface area (Å²) in [5, 5.41) is 3.68. The third-order valence-corrected chi connectivity index (χ3v) is 4.36. The first-order valence-electron chi connectivity index (χ1n) is 8.34. The zero-order valence-corrected chi connectivity index (χ0v) is 14.5. The highest BCUT2D eigenvalue weighted by Gasteiger charge is 2.27. The molecule has 0 aromatic heterocycles. The van der Waals surface area contributed by atoms with Crippen molar-refractivity contribution in [1.29, 1.82) is 0 Å². The Kier molecular flexibility index (Phi) is 7.24. The Morgan fingerprint density at radius 3 is 2.14 bits per heavy atom. The van der Waals surface area contributed by atoms with E-state index in [4.69, 9.17) is 4.74 Å². The Morgan fingerprint density at radius 2 is 1.62 bits per heavy atom. The number of nitrogens with one attached hydrogen (secondary N) is 1. The summed E-state index contributed by atoms with van der Waals surface area (Å²) in [5.74, 6) is 0.976. The Morgan fingerprint density at radius 1 is 1.00 bits per heavy atom. The van der Waals surface area contributed by atoms with Crippen molar-refractivity contribution in [3.63, 3.8) is 0 Å². The van der Waals surface area contributed by atoms with Crippen LogP contribution in [-0.2, 0) is 0 Å². The highest BCUT2D eigenvalue weighted by atomic mass is 16.5. The van der Waals surface area contributed by atoms with Crippen LogP contribution in [0, 0.1) is 5.41 Å². The first-order chi connectivity index (χ1) is 9.91. The molecule has 0 aliphatic rings. The molecule has 1 rings (SSSR count). The summed E-state index contributed by atoms with van der Waals surface area (Å²) in [6.07, 6.45) is 4.77. The average Bonchev–Trinajstić information content (AvgIpc) is 2.47. The van der Waals surface area contributed by atoms with Gasteiger partial charge in [-0.2, -0.15) is 0 Å². The van der Waals surface area contributed by atoms with Crippen LogP contribution in [0.3, 0.4) is 0 Å². The van der Waals surface area contributed by atoms with E-state index in [9.17, 15) is 0 Å². The molecule has 2 nitrogen and oxygen atoms in total. The molecule has 2 heteroatoms. The number of hydrogen-bond donors (Lipinski definition) is 1. The highest BCUT2D eigenvalue weighted by Crippen LogP contribution is 2.32. The van der Waals surface area contributed by atoms with Crippen molar-refractivity contribution in [3.05, 3.63) is 30.3 Å². The molecule has 1 aromatic carbocycles. The summed E-state index contributed by atoms with van der Waals surface area (Å²) in [7, 11) is 0. The van der Waals surface area contributed by atoms with Gasteiger partial charge in [0.05, 0.1) is 6.61 Å². The Balaban J connectivity index is 2.39. The van der Waals surface area contributed by atoms with Crippen LogP contribution in [0.15, 0.2) is 30.3 Å². The standard InChI is InChI=1S/C19H33NO/c1-6-19(7-2,16-20-18(3,4)5)14-11-15-21-17-12-9-8-10-13-17/h8-10,12-13,20H,6-7,11,14-16H2,1-5H3. The molecule has 0 saturated carbocycles. The van der Waals surface area contributed by atoms with Gasteiger partial charge < -0.3 is 10.1 Å². The van der Waals surface area contributed by atoms with Gasteiger partial charge in [0.15, 0.2) is 0 Å². The van der Waals surface area contributed by atoms with E-state index in [1.165, 1.54) is 19.3 Å². The largest absolute Gasteiger partial charge is 0.494 e. The SMILES string of the molecule is CCC(CC)(CCCOc1ccccc1)CNC(C)(C)C. The highest BCUT2D eigenvalue weighted by molar-refractivity contribution is 5.20. The summed E-state index contributed by atoms with van der Waals surface area (Å²) in [6.45, 7) is 13.2. The molecule has 0 spiro atoms. The number of ether oxygens (including phenoxy) is 1. The van der Waals surface area contributed by atoms with Crippen LogP contribution in [0.4, 0.5) is 0 Å². The van der Waals surface area contributed by atoms with Gasteiger partial charge in [0, 0.05) is 12.1 Å². The number of benzene rings is 1. The van der Waals surface area contributed by atoms with Crippen LogP contribution < -0.4 is 10.1 Å². The van der Waals surface area contributed by atoms with Gasteiger partial charge in [-0.15, -0.1) is 0 Å². The molecule has 0 aliphatic heterocycles. The van der Waals surface area contributed by atoms with E-state index >= 15 is 0 Å². The Hall–Kier alpha value is -1.02. The summed E-state index contributed by atoms with van der Waals surface area (Å²) in [5.41, 5.74) is 0.587. The summed E-state index contributed by atoms with van der Waals surface area (Å²) >= 11 is 0. The van der Waals surface area contributed by atoms with Gasteiger partial charge in [0.1, 0.15) is 5.75 Å². The molecule has 0 aliphatic carbocycles. The molecule has 0 amide bonds. The number of hydrogen-bond acceptors (Lipinski definition) is 2. The Bertz CT molecular complexity index is 376. The lowest BCUT2D eigenvalue weighted by molar-refractivity contribution is 0.183. The fourth-order valence-corrected chi connectivity index (χ4v) is 2.55. The molecule has 120 valence electrons. The van der Waals surface area contributed by atoms with E-state index in [0.29, 0.717) is 5.41 Å². The number of para-hydroxylation sites is 1. The van der Waals surface area contributed by atoms with Crippen molar-refractivity contribution in [2.45, 2.75) is 65.8 Å². The topological polar surface area (TPSA) is 21.3 Å². The van der Waals surface area contributed by atoms with E-state index < -0.39 is 0 Å². The first kappa shape index (κ1) is 18.0. The maximum atomic E-state index is 5.82. The van der Waals surface area contributed by atoms with Gasteiger partial charge in [-0.05, 0) is 64.0 Å². The van der Waals surface area contributed by atoms with Crippen LogP contribution in [0.2, 0.25) is 0 Å². The predicted molar refractivity (Wildman–Crippen MR) is 91.9 cm³/mol. The van der Waals surface area contributed by atoms with Crippen LogP contribution >= 0.6 is 0 Å².